The van der Waals surface area contributed by atoms with Crippen LogP contribution in [0.4, 0.5) is 5.95 Å². The van der Waals surface area contributed by atoms with E-state index in [-0.39, 0.29) is 0 Å². The SMILES string of the molecule is CNc1ncc(C)c(Oc2ccc(C)cc2Br)n1. The Morgan fingerprint density at radius 1 is 1.28 bits per heavy atom. The fraction of sp³-hybridized carbons (Fsp3) is 0.231. The lowest BCUT2D eigenvalue weighted by Gasteiger charge is -2.10. The number of ether oxygens (including phenoxy) is 1. The third kappa shape index (κ3) is 2.79. The first-order valence-electron chi connectivity index (χ1n) is 5.55. The number of nitrogens with one attached hydrogen (secondary N) is 1. The van der Waals surface area contributed by atoms with Gasteiger partial charge in [-0.3, -0.25) is 0 Å². The average Bonchev–Trinajstić information content (AvgIpc) is 2.35. The maximum atomic E-state index is 5.80. The zero-order valence-electron chi connectivity index (χ0n) is 10.5. The van der Waals surface area contributed by atoms with Crippen molar-refractivity contribution >= 4 is 21.9 Å². The Morgan fingerprint density at radius 2 is 2.06 bits per heavy atom. The van der Waals surface area contributed by atoms with Crippen molar-refractivity contribution in [1.29, 1.82) is 0 Å². The summed E-state index contributed by atoms with van der Waals surface area (Å²) < 4.78 is 6.71. The Bertz CT molecular complexity index is 572. The predicted molar refractivity (Wildman–Crippen MR) is 75.3 cm³/mol. The van der Waals surface area contributed by atoms with Gasteiger partial charge in [-0.1, -0.05) is 6.07 Å². The van der Waals surface area contributed by atoms with E-state index in [1.54, 1.807) is 13.2 Å². The Kier molecular flexibility index (Phi) is 3.81. The van der Waals surface area contributed by atoms with Crippen molar-refractivity contribution in [1.82, 2.24) is 9.97 Å². The monoisotopic (exact) mass is 307 g/mol. The van der Waals surface area contributed by atoms with E-state index in [9.17, 15) is 0 Å². The van der Waals surface area contributed by atoms with Gasteiger partial charge in [0, 0.05) is 18.8 Å². The minimum atomic E-state index is 0.541. The summed E-state index contributed by atoms with van der Waals surface area (Å²) >= 11 is 3.48. The lowest BCUT2D eigenvalue weighted by Crippen LogP contribution is -2.00. The molecular weight excluding hydrogens is 294 g/mol. The van der Waals surface area contributed by atoms with Crippen LogP contribution in [0.5, 0.6) is 11.6 Å². The molecule has 0 atom stereocenters. The van der Waals surface area contributed by atoms with Gasteiger partial charge in [0.25, 0.3) is 0 Å². The molecule has 0 fully saturated rings. The summed E-state index contributed by atoms with van der Waals surface area (Å²) in [6, 6.07) is 5.92. The summed E-state index contributed by atoms with van der Waals surface area (Å²) in [4.78, 5) is 8.41. The van der Waals surface area contributed by atoms with Gasteiger partial charge >= 0.3 is 0 Å². The number of benzene rings is 1. The molecule has 2 aromatic rings. The number of aromatic nitrogens is 2. The van der Waals surface area contributed by atoms with E-state index >= 15 is 0 Å². The number of aryl methyl sites for hydroxylation is 2. The molecule has 5 heteroatoms. The second-order valence-corrected chi connectivity index (χ2v) is 4.82. The van der Waals surface area contributed by atoms with Crippen LogP contribution in [0, 0.1) is 13.8 Å². The Balaban J connectivity index is 2.33. The molecule has 0 saturated heterocycles. The molecule has 0 aliphatic carbocycles. The molecule has 0 radical (unpaired) electrons. The van der Waals surface area contributed by atoms with E-state index in [0.29, 0.717) is 11.8 Å². The third-order valence-electron chi connectivity index (χ3n) is 2.44. The highest BCUT2D eigenvalue weighted by Crippen LogP contribution is 2.31. The highest BCUT2D eigenvalue weighted by molar-refractivity contribution is 9.10. The van der Waals surface area contributed by atoms with Gasteiger partial charge in [-0.05, 0) is 47.5 Å². The molecule has 1 heterocycles. The fourth-order valence-corrected chi connectivity index (χ4v) is 2.02. The number of halogens is 1. The van der Waals surface area contributed by atoms with Gasteiger partial charge in [-0.25, -0.2) is 4.98 Å². The predicted octanol–water partition coefficient (Wildman–Crippen LogP) is 3.69. The number of nitrogens with zero attached hydrogens (tertiary/aromatic N) is 2. The molecule has 0 unspecified atom stereocenters. The molecule has 94 valence electrons. The average molecular weight is 308 g/mol. The number of hydrogen-bond acceptors (Lipinski definition) is 4. The fourth-order valence-electron chi connectivity index (χ4n) is 1.44. The zero-order valence-corrected chi connectivity index (χ0v) is 12.1. The maximum absolute atomic E-state index is 5.80. The van der Waals surface area contributed by atoms with Gasteiger partial charge in [0.2, 0.25) is 11.8 Å². The summed E-state index contributed by atoms with van der Waals surface area (Å²) in [6.45, 7) is 3.94. The third-order valence-corrected chi connectivity index (χ3v) is 3.06. The molecular formula is C13H14BrN3O. The first-order valence-corrected chi connectivity index (χ1v) is 6.35. The Hall–Kier alpha value is -1.62. The molecule has 0 saturated carbocycles. The van der Waals surface area contributed by atoms with E-state index in [1.165, 1.54) is 5.56 Å². The first kappa shape index (κ1) is 12.8. The van der Waals surface area contributed by atoms with E-state index in [2.05, 4.69) is 31.2 Å². The molecule has 4 nitrogen and oxygen atoms in total. The minimum absolute atomic E-state index is 0.541. The van der Waals surface area contributed by atoms with Crippen molar-refractivity contribution in [3.8, 4) is 11.6 Å². The van der Waals surface area contributed by atoms with Crippen LogP contribution in [0.3, 0.4) is 0 Å². The molecule has 1 N–H and O–H groups in total. The maximum Gasteiger partial charge on any atom is 0.227 e. The lowest BCUT2D eigenvalue weighted by atomic mass is 10.2. The van der Waals surface area contributed by atoms with Crippen LogP contribution in [0.15, 0.2) is 28.9 Å². The molecule has 0 aliphatic heterocycles. The van der Waals surface area contributed by atoms with Crippen LogP contribution < -0.4 is 10.1 Å². The number of rotatable bonds is 3. The van der Waals surface area contributed by atoms with Crippen LogP contribution in [-0.2, 0) is 0 Å². The van der Waals surface area contributed by atoms with Gasteiger partial charge < -0.3 is 10.1 Å². The Morgan fingerprint density at radius 3 is 2.72 bits per heavy atom. The van der Waals surface area contributed by atoms with Gasteiger partial charge in [0.15, 0.2) is 0 Å². The smallest absolute Gasteiger partial charge is 0.227 e. The second kappa shape index (κ2) is 5.35. The van der Waals surface area contributed by atoms with Crippen molar-refractivity contribution in [2.75, 3.05) is 12.4 Å². The summed E-state index contributed by atoms with van der Waals surface area (Å²) in [6.07, 6.45) is 1.73. The molecule has 0 bridgehead atoms. The standard InChI is InChI=1S/C13H14BrN3O/c1-8-4-5-11(10(14)6-8)18-12-9(2)7-16-13(15-3)17-12/h4-7H,1-3H3,(H,15,16,17). The van der Waals surface area contributed by atoms with Crippen molar-refractivity contribution in [3.63, 3.8) is 0 Å². The molecule has 2 rings (SSSR count). The van der Waals surface area contributed by atoms with E-state index < -0.39 is 0 Å². The van der Waals surface area contributed by atoms with Gasteiger partial charge in [-0.15, -0.1) is 0 Å². The molecule has 0 spiro atoms. The molecule has 0 amide bonds. The summed E-state index contributed by atoms with van der Waals surface area (Å²) in [7, 11) is 1.77. The van der Waals surface area contributed by atoms with Crippen LogP contribution >= 0.6 is 15.9 Å². The van der Waals surface area contributed by atoms with E-state index in [1.807, 2.05) is 32.0 Å². The molecule has 0 aliphatic rings. The first-order chi connectivity index (χ1) is 8.60. The van der Waals surface area contributed by atoms with Gasteiger partial charge in [0.1, 0.15) is 5.75 Å². The van der Waals surface area contributed by atoms with Crippen LogP contribution in [-0.4, -0.2) is 17.0 Å². The van der Waals surface area contributed by atoms with Crippen molar-refractivity contribution in [3.05, 3.63) is 40.0 Å². The van der Waals surface area contributed by atoms with Gasteiger partial charge in [-0.2, -0.15) is 4.98 Å². The van der Waals surface area contributed by atoms with E-state index in [4.69, 9.17) is 4.74 Å². The normalized spacial score (nSPS) is 10.2. The van der Waals surface area contributed by atoms with Crippen molar-refractivity contribution in [2.45, 2.75) is 13.8 Å². The Labute approximate surface area is 115 Å². The molecule has 18 heavy (non-hydrogen) atoms. The van der Waals surface area contributed by atoms with Crippen molar-refractivity contribution < 1.29 is 4.74 Å². The molecule has 1 aromatic carbocycles. The van der Waals surface area contributed by atoms with E-state index in [0.717, 1.165) is 15.8 Å². The topological polar surface area (TPSA) is 47.0 Å². The van der Waals surface area contributed by atoms with Crippen LogP contribution in [0.25, 0.3) is 0 Å². The minimum Gasteiger partial charge on any atom is -0.437 e. The van der Waals surface area contributed by atoms with Crippen molar-refractivity contribution in [2.24, 2.45) is 0 Å². The summed E-state index contributed by atoms with van der Waals surface area (Å²) in [5.41, 5.74) is 2.06. The summed E-state index contributed by atoms with van der Waals surface area (Å²) in [5.74, 6) is 1.84. The molecule has 1 aromatic heterocycles. The van der Waals surface area contributed by atoms with Crippen LogP contribution in [0.1, 0.15) is 11.1 Å². The lowest BCUT2D eigenvalue weighted by molar-refractivity contribution is 0.455. The quantitative estimate of drug-likeness (QED) is 0.939. The highest BCUT2D eigenvalue weighted by atomic mass is 79.9. The zero-order chi connectivity index (χ0) is 13.1. The van der Waals surface area contributed by atoms with Crippen LogP contribution in [0.2, 0.25) is 0 Å². The number of anilines is 1. The highest BCUT2D eigenvalue weighted by Gasteiger charge is 2.08. The largest absolute Gasteiger partial charge is 0.437 e. The second-order valence-electron chi connectivity index (χ2n) is 3.97. The number of hydrogen-bond donors (Lipinski definition) is 1. The summed E-state index contributed by atoms with van der Waals surface area (Å²) in [5, 5.41) is 2.89. The van der Waals surface area contributed by atoms with Gasteiger partial charge in [0.05, 0.1) is 4.47 Å².